The minimum atomic E-state index is 0.254. The molecule has 94 valence electrons. The maximum absolute atomic E-state index is 3.64. The van der Waals surface area contributed by atoms with E-state index in [1.807, 2.05) is 0 Å². The molecule has 1 aliphatic carbocycles. The van der Waals surface area contributed by atoms with E-state index < -0.39 is 0 Å². The highest BCUT2D eigenvalue weighted by Gasteiger charge is 2.23. The third kappa shape index (κ3) is 3.85. The summed E-state index contributed by atoms with van der Waals surface area (Å²) < 4.78 is 0. The van der Waals surface area contributed by atoms with Crippen LogP contribution in [-0.4, -0.2) is 5.54 Å². The van der Waals surface area contributed by atoms with Gasteiger partial charge in [0.05, 0.1) is 0 Å². The molecule has 1 N–H and O–H groups in total. The predicted octanol–water partition coefficient (Wildman–Crippen LogP) is 4.23. The topological polar surface area (TPSA) is 12.0 Å². The molecule has 0 aromatic heterocycles. The van der Waals surface area contributed by atoms with Gasteiger partial charge in [-0.05, 0) is 50.2 Å². The van der Waals surface area contributed by atoms with Gasteiger partial charge in [-0.15, -0.1) is 0 Å². The van der Waals surface area contributed by atoms with Gasteiger partial charge in [0.25, 0.3) is 0 Å². The summed E-state index contributed by atoms with van der Waals surface area (Å²) in [6, 6.07) is 9.17. The molecule has 0 atom stereocenters. The maximum atomic E-state index is 3.64. The summed E-state index contributed by atoms with van der Waals surface area (Å²) in [6.45, 7) is 7.80. The minimum Gasteiger partial charge on any atom is -0.308 e. The van der Waals surface area contributed by atoms with Crippen LogP contribution >= 0.6 is 0 Å². The Hall–Kier alpha value is -0.820. The lowest BCUT2D eigenvalue weighted by Gasteiger charge is -2.26. The quantitative estimate of drug-likeness (QED) is 0.772. The van der Waals surface area contributed by atoms with Gasteiger partial charge >= 0.3 is 0 Å². The van der Waals surface area contributed by atoms with Crippen molar-refractivity contribution in [3.63, 3.8) is 0 Å². The first kappa shape index (κ1) is 12.6. The maximum Gasteiger partial charge on any atom is 0.0210 e. The van der Waals surface area contributed by atoms with Gasteiger partial charge in [0.15, 0.2) is 0 Å². The van der Waals surface area contributed by atoms with Crippen LogP contribution in [0.5, 0.6) is 0 Å². The van der Waals surface area contributed by atoms with Crippen LogP contribution in [-0.2, 0) is 6.54 Å². The third-order valence-electron chi connectivity index (χ3n) is 3.67. The molecule has 0 amide bonds. The summed E-state index contributed by atoms with van der Waals surface area (Å²) in [5.41, 5.74) is 3.18. The van der Waals surface area contributed by atoms with E-state index in [-0.39, 0.29) is 5.54 Å². The molecule has 17 heavy (non-hydrogen) atoms. The Morgan fingerprint density at radius 2 is 1.82 bits per heavy atom. The molecule has 1 nitrogen and oxygen atoms in total. The molecule has 1 aromatic rings. The summed E-state index contributed by atoms with van der Waals surface area (Å²) in [4.78, 5) is 0. The lowest BCUT2D eigenvalue weighted by Crippen LogP contribution is -2.38. The zero-order valence-corrected chi connectivity index (χ0v) is 11.4. The average molecular weight is 231 g/mol. The van der Waals surface area contributed by atoms with E-state index in [9.17, 15) is 0 Å². The normalized spacial score (nSPS) is 16.2. The molecule has 1 fully saturated rings. The first-order chi connectivity index (χ1) is 8.11. The zero-order valence-electron chi connectivity index (χ0n) is 11.4. The fraction of sp³-hybridized carbons (Fsp3) is 0.625. The Bertz CT molecular complexity index is 346. The number of rotatable bonds is 6. The minimum absolute atomic E-state index is 0.254. The monoisotopic (exact) mass is 231 g/mol. The zero-order chi connectivity index (χ0) is 12.3. The lowest BCUT2D eigenvalue weighted by atomic mass is 9.98. The molecule has 0 radical (unpaired) electrons. The van der Waals surface area contributed by atoms with E-state index in [1.54, 1.807) is 0 Å². The largest absolute Gasteiger partial charge is 0.308 e. The van der Waals surface area contributed by atoms with Gasteiger partial charge in [0.2, 0.25) is 0 Å². The summed E-state index contributed by atoms with van der Waals surface area (Å²) in [5.74, 6) is 0.869. The Balaban J connectivity index is 1.86. The van der Waals surface area contributed by atoms with E-state index in [1.165, 1.54) is 36.8 Å². The molecule has 0 bridgehead atoms. The molecule has 0 spiro atoms. The molecule has 0 saturated heterocycles. The van der Waals surface area contributed by atoms with Crippen LogP contribution < -0.4 is 5.32 Å². The van der Waals surface area contributed by atoms with Gasteiger partial charge in [-0.1, -0.05) is 37.6 Å². The highest BCUT2D eigenvalue weighted by Crippen LogP contribution is 2.39. The molecule has 0 heterocycles. The van der Waals surface area contributed by atoms with Crippen LogP contribution in [0.4, 0.5) is 0 Å². The van der Waals surface area contributed by atoms with Crippen molar-refractivity contribution in [2.24, 2.45) is 0 Å². The molecule has 2 rings (SSSR count). The molecule has 1 heteroatoms. The van der Waals surface area contributed by atoms with Crippen LogP contribution in [0.2, 0.25) is 0 Å². The van der Waals surface area contributed by atoms with E-state index in [4.69, 9.17) is 0 Å². The van der Waals surface area contributed by atoms with Crippen molar-refractivity contribution in [3.8, 4) is 0 Å². The van der Waals surface area contributed by atoms with Crippen molar-refractivity contribution >= 4 is 0 Å². The molecule has 1 aromatic carbocycles. The molecule has 1 saturated carbocycles. The van der Waals surface area contributed by atoms with Gasteiger partial charge in [0.1, 0.15) is 0 Å². The number of benzene rings is 1. The first-order valence-electron chi connectivity index (χ1n) is 6.94. The van der Waals surface area contributed by atoms with Crippen LogP contribution in [0.25, 0.3) is 0 Å². The highest BCUT2D eigenvalue weighted by molar-refractivity contribution is 5.28. The van der Waals surface area contributed by atoms with Crippen LogP contribution in [0.3, 0.4) is 0 Å². The second-order valence-corrected chi connectivity index (χ2v) is 6.00. The Kier molecular flexibility index (Phi) is 3.88. The van der Waals surface area contributed by atoms with E-state index in [0.717, 1.165) is 12.5 Å². The third-order valence-corrected chi connectivity index (χ3v) is 3.67. The predicted molar refractivity (Wildman–Crippen MR) is 74.2 cm³/mol. The van der Waals surface area contributed by atoms with Gasteiger partial charge in [0, 0.05) is 12.1 Å². The van der Waals surface area contributed by atoms with Gasteiger partial charge < -0.3 is 5.32 Å². The van der Waals surface area contributed by atoms with E-state index in [0.29, 0.717) is 0 Å². The fourth-order valence-electron chi connectivity index (χ4n) is 2.38. The molecule has 1 aliphatic rings. The summed E-state index contributed by atoms with van der Waals surface area (Å²) in [7, 11) is 0. The van der Waals surface area contributed by atoms with Crippen LogP contribution in [0, 0.1) is 0 Å². The molecule has 0 aliphatic heterocycles. The highest BCUT2D eigenvalue weighted by atomic mass is 14.9. The molecular weight excluding hydrogens is 206 g/mol. The summed E-state index contributed by atoms with van der Waals surface area (Å²) in [6.07, 6.45) is 5.25. The number of nitrogens with one attached hydrogen (secondary N) is 1. The Morgan fingerprint density at radius 1 is 1.18 bits per heavy atom. The van der Waals surface area contributed by atoms with Gasteiger partial charge in [-0.2, -0.15) is 0 Å². The smallest absolute Gasteiger partial charge is 0.0210 e. The SMILES string of the molecule is CCCC(C)(C)NCc1ccc(C2CC2)cc1. The van der Waals surface area contributed by atoms with Crippen molar-refractivity contribution in [3.05, 3.63) is 35.4 Å². The van der Waals surface area contributed by atoms with Crippen LogP contribution in [0.1, 0.15) is 63.5 Å². The van der Waals surface area contributed by atoms with Crippen LogP contribution in [0.15, 0.2) is 24.3 Å². The van der Waals surface area contributed by atoms with E-state index >= 15 is 0 Å². The van der Waals surface area contributed by atoms with Crippen molar-refractivity contribution in [1.82, 2.24) is 5.32 Å². The van der Waals surface area contributed by atoms with Crippen molar-refractivity contribution < 1.29 is 0 Å². The summed E-state index contributed by atoms with van der Waals surface area (Å²) >= 11 is 0. The average Bonchev–Trinajstić information content (AvgIpc) is 3.11. The Labute approximate surface area is 106 Å². The van der Waals surface area contributed by atoms with Gasteiger partial charge in [-0.25, -0.2) is 0 Å². The molecule has 0 unspecified atom stereocenters. The number of hydrogen-bond acceptors (Lipinski definition) is 1. The van der Waals surface area contributed by atoms with Crippen molar-refractivity contribution in [2.75, 3.05) is 0 Å². The molecular formula is C16H25N. The van der Waals surface area contributed by atoms with Gasteiger partial charge in [-0.3, -0.25) is 0 Å². The summed E-state index contributed by atoms with van der Waals surface area (Å²) in [5, 5.41) is 3.64. The standard InChI is InChI=1S/C16H25N/c1-4-11-16(2,3)17-12-13-5-7-14(8-6-13)15-9-10-15/h5-8,15,17H,4,9-12H2,1-3H3. The fourth-order valence-corrected chi connectivity index (χ4v) is 2.38. The van der Waals surface area contributed by atoms with Crippen molar-refractivity contribution in [2.45, 2.75) is 64.5 Å². The number of hydrogen-bond donors (Lipinski definition) is 1. The second-order valence-electron chi connectivity index (χ2n) is 6.00. The van der Waals surface area contributed by atoms with E-state index in [2.05, 4.69) is 50.4 Å². The lowest BCUT2D eigenvalue weighted by molar-refractivity contribution is 0.357. The Morgan fingerprint density at radius 3 is 2.35 bits per heavy atom. The second kappa shape index (κ2) is 5.22. The first-order valence-corrected chi connectivity index (χ1v) is 6.94. The van der Waals surface area contributed by atoms with Crippen molar-refractivity contribution in [1.29, 1.82) is 0 Å².